The summed E-state index contributed by atoms with van der Waals surface area (Å²) in [6.45, 7) is 0. The molecular weight excluding hydrogens is 232 g/mol. The third kappa shape index (κ3) is 1.55. The molecule has 0 bridgehead atoms. The van der Waals surface area contributed by atoms with E-state index in [1.165, 1.54) is 0 Å². The van der Waals surface area contributed by atoms with Gasteiger partial charge in [0.05, 0.1) is 15.1 Å². The van der Waals surface area contributed by atoms with Gasteiger partial charge in [-0.15, -0.1) is 0 Å². The first kappa shape index (κ1) is 4.24. The summed E-state index contributed by atoms with van der Waals surface area (Å²) < 4.78 is 90.0. The molecule has 4 aromatic carbocycles. The van der Waals surface area contributed by atoms with Crippen molar-refractivity contribution in [3.8, 4) is 5.75 Å². The van der Waals surface area contributed by atoms with E-state index in [0.29, 0.717) is 0 Å². The maximum Gasteiger partial charge on any atom is 0.116 e. The lowest BCUT2D eigenvalue weighted by molar-refractivity contribution is 0.476. The molecule has 1 N–H and O–H groups in total. The minimum Gasteiger partial charge on any atom is -0.508 e. The molecule has 0 heterocycles. The lowest BCUT2D eigenvalue weighted by Crippen LogP contribution is -1.79. The van der Waals surface area contributed by atoms with E-state index in [4.69, 9.17) is 15.1 Å². The lowest BCUT2D eigenvalue weighted by Gasteiger charge is -2.06. The minimum atomic E-state index is -0.847. The van der Waals surface area contributed by atoms with Crippen LogP contribution in [0.2, 0.25) is 0 Å². The highest BCUT2D eigenvalue weighted by Gasteiger charge is 2.03. The standard InChI is InChI=1S/C18H12O/c19-16-7-8-17-15(10-16)6-5-14-9-12-3-1-2-4-13(12)11-18(14)17/h1-11,19H/i1D,2D,3D,4D,5D,6D,7D,8D,9D,10D,11D. The Morgan fingerprint density at radius 3 is 2.11 bits per heavy atom. The molecule has 1 heteroatoms. The van der Waals surface area contributed by atoms with E-state index < -0.39 is 72.2 Å². The molecule has 1 nitrogen and oxygen atoms in total. The zero-order chi connectivity index (χ0) is 22.4. The average molecular weight is 255 g/mol. The fourth-order valence-electron chi connectivity index (χ4n) is 1.96. The zero-order valence-electron chi connectivity index (χ0n) is 20.4. The molecule has 90 valence electrons. The fourth-order valence-corrected chi connectivity index (χ4v) is 1.96. The molecule has 0 radical (unpaired) electrons. The van der Waals surface area contributed by atoms with Crippen molar-refractivity contribution in [1.29, 1.82) is 0 Å². The summed E-state index contributed by atoms with van der Waals surface area (Å²) in [6, 6.07) is -6.49. The normalized spacial score (nSPS) is 19.5. The first-order chi connectivity index (χ1) is 13.9. The molecule has 0 saturated carbocycles. The van der Waals surface area contributed by atoms with E-state index in [-0.39, 0.29) is 32.3 Å². The molecule has 0 saturated heterocycles. The van der Waals surface area contributed by atoms with E-state index in [0.717, 1.165) is 0 Å². The summed E-state index contributed by atoms with van der Waals surface area (Å²) >= 11 is 0. The second kappa shape index (κ2) is 3.72. The number of rotatable bonds is 0. The number of phenolic OH excluding ortho intramolecular Hbond substituents is 1. The van der Waals surface area contributed by atoms with Gasteiger partial charge in [-0.2, -0.15) is 0 Å². The number of phenols is 1. The van der Waals surface area contributed by atoms with Gasteiger partial charge < -0.3 is 5.11 Å². The number of fused-ring (bicyclic) bond motifs is 4. The highest BCUT2D eigenvalue weighted by Crippen LogP contribution is 2.30. The van der Waals surface area contributed by atoms with Crippen molar-refractivity contribution in [1.82, 2.24) is 0 Å². The third-order valence-electron chi connectivity index (χ3n) is 2.80. The van der Waals surface area contributed by atoms with E-state index in [9.17, 15) is 5.11 Å². The summed E-state index contributed by atoms with van der Waals surface area (Å²) in [7, 11) is 0. The Morgan fingerprint density at radius 1 is 0.632 bits per heavy atom. The van der Waals surface area contributed by atoms with Gasteiger partial charge in [0.15, 0.2) is 0 Å². The maximum absolute atomic E-state index is 9.99. The van der Waals surface area contributed by atoms with Crippen LogP contribution in [-0.4, -0.2) is 5.11 Å². The van der Waals surface area contributed by atoms with Crippen molar-refractivity contribution in [2.75, 3.05) is 0 Å². The quantitative estimate of drug-likeness (QED) is 0.352. The summed E-state index contributed by atoms with van der Waals surface area (Å²) in [5.74, 6) is -0.847. The lowest BCUT2D eigenvalue weighted by atomic mass is 9.98. The van der Waals surface area contributed by atoms with Crippen molar-refractivity contribution in [2.45, 2.75) is 0 Å². The van der Waals surface area contributed by atoms with Crippen LogP contribution in [0.15, 0.2) is 66.5 Å². The third-order valence-corrected chi connectivity index (χ3v) is 2.80. The molecule has 0 atom stereocenters. The fraction of sp³-hybridized carbons (Fsp3) is 0. The van der Waals surface area contributed by atoms with Crippen LogP contribution in [0.3, 0.4) is 0 Å². The number of hydrogen-bond acceptors (Lipinski definition) is 1. The first-order valence-corrected chi connectivity index (χ1v) is 5.47. The van der Waals surface area contributed by atoms with Gasteiger partial charge in [-0.1, -0.05) is 42.3 Å². The molecule has 0 aliphatic carbocycles. The molecule has 0 unspecified atom stereocenters. The molecule has 0 aliphatic rings. The van der Waals surface area contributed by atoms with E-state index >= 15 is 0 Å². The van der Waals surface area contributed by atoms with Gasteiger partial charge in [-0.3, -0.25) is 0 Å². The Kier molecular flexibility index (Phi) is 0.831. The molecule has 0 spiro atoms. The van der Waals surface area contributed by atoms with E-state index in [1.54, 1.807) is 0 Å². The Bertz CT molecular complexity index is 1440. The van der Waals surface area contributed by atoms with Gasteiger partial charge in [-0.25, -0.2) is 0 Å². The molecule has 0 aromatic heterocycles. The number of aromatic hydroxyl groups is 1. The van der Waals surface area contributed by atoms with Crippen LogP contribution in [0, 0.1) is 0 Å². The molecule has 4 rings (SSSR count). The second-order valence-electron chi connectivity index (χ2n) is 3.97. The average Bonchev–Trinajstić information content (AvgIpc) is 2.71. The van der Waals surface area contributed by atoms with Crippen LogP contribution in [0.4, 0.5) is 0 Å². The van der Waals surface area contributed by atoms with Crippen molar-refractivity contribution in [2.24, 2.45) is 0 Å². The monoisotopic (exact) mass is 255 g/mol. The van der Waals surface area contributed by atoms with Crippen LogP contribution in [-0.2, 0) is 0 Å². The number of benzene rings is 4. The first-order valence-electron chi connectivity index (χ1n) is 11.0. The maximum atomic E-state index is 9.99. The van der Waals surface area contributed by atoms with Crippen LogP contribution < -0.4 is 0 Å². The van der Waals surface area contributed by atoms with Gasteiger partial charge in [0, 0.05) is 0 Å². The molecular formula is C18H12O. The van der Waals surface area contributed by atoms with Crippen LogP contribution in [0.25, 0.3) is 32.3 Å². The molecule has 19 heavy (non-hydrogen) atoms. The minimum absolute atomic E-state index is 0.236. The molecule has 4 aromatic rings. The molecule has 0 amide bonds. The van der Waals surface area contributed by atoms with E-state index in [1.807, 2.05) is 0 Å². The second-order valence-corrected chi connectivity index (χ2v) is 3.97. The topological polar surface area (TPSA) is 20.2 Å². The molecule has 0 fully saturated rings. The predicted octanol–water partition coefficient (Wildman–Crippen LogP) is 4.85. The Balaban J connectivity index is 2.54. The van der Waals surface area contributed by atoms with Crippen LogP contribution in [0.1, 0.15) is 15.1 Å². The van der Waals surface area contributed by atoms with Crippen molar-refractivity contribution in [3.05, 3.63) is 66.5 Å². The Hall–Kier alpha value is -2.54. The van der Waals surface area contributed by atoms with E-state index in [2.05, 4.69) is 0 Å². The van der Waals surface area contributed by atoms with Crippen LogP contribution >= 0.6 is 0 Å². The summed E-state index contributed by atoms with van der Waals surface area (Å²) in [5, 5.41) is 8.31. The van der Waals surface area contributed by atoms with Gasteiger partial charge in [-0.05, 0) is 56.5 Å². The highest BCUT2D eigenvalue weighted by atomic mass is 16.3. The SMILES string of the molecule is [2H]c1c([2H])c([2H])c2c([2H])c3c(c([2H])c([2H])c4c([2H])c(O)c([2H])c([2H])c43)c([2H])c2c1[2H]. The van der Waals surface area contributed by atoms with Gasteiger partial charge >= 0.3 is 0 Å². The summed E-state index contributed by atoms with van der Waals surface area (Å²) in [5.41, 5.74) is 0. The highest BCUT2D eigenvalue weighted by molar-refractivity contribution is 6.12. The number of hydrogen-bond donors (Lipinski definition) is 1. The van der Waals surface area contributed by atoms with Gasteiger partial charge in [0.2, 0.25) is 0 Å². The van der Waals surface area contributed by atoms with Gasteiger partial charge in [0.25, 0.3) is 0 Å². The Morgan fingerprint density at radius 2 is 1.32 bits per heavy atom. The predicted molar refractivity (Wildman–Crippen MR) is 80.6 cm³/mol. The van der Waals surface area contributed by atoms with Crippen molar-refractivity contribution in [3.63, 3.8) is 0 Å². The smallest absolute Gasteiger partial charge is 0.116 e. The molecule has 0 aliphatic heterocycles. The summed E-state index contributed by atoms with van der Waals surface area (Å²) in [6.07, 6.45) is 0. The Labute approximate surface area is 126 Å². The summed E-state index contributed by atoms with van der Waals surface area (Å²) in [4.78, 5) is 0. The van der Waals surface area contributed by atoms with Crippen molar-refractivity contribution < 1.29 is 20.2 Å². The largest absolute Gasteiger partial charge is 0.508 e. The van der Waals surface area contributed by atoms with Crippen LogP contribution in [0.5, 0.6) is 5.75 Å². The van der Waals surface area contributed by atoms with Crippen molar-refractivity contribution >= 4 is 32.3 Å². The zero-order valence-corrected chi connectivity index (χ0v) is 9.45. The van der Waals surface area contributed by atoms with Gasteiger partial charge in [0.1, 0.15) is 5.75 Å².